The lowest BCUT2D eigenvalue weighted by atomic mass is 9.98. The molecule has 0 saturated carbocycles. The first-order valence-corrected chi connectivity index (χ1v) is 5.63. The minimum Gasteiger partial charge on any atom is -0.495 e. The highest BCUT2D eigenvalue weighted by Crippen LogP contribution is 2.27. The van der Waals surface area contributed by atoms with E-state index in [0.29, 0.717) is 11.3 Å². The summed E-state index contributed by atoms with van der Waals surface area (Å²) in [6, 6.07) is 6.31. The first-order valence-electron chi connectivity index (χ1n) is 5.63. The molecule has 1 heterocycles. The lowest BCUT2D eigenvalue weighted by Gasteiger charge is -2.16. The SMILES string of the molecule is COc1cnccc1C(N)c1ccc(F)c(C)c1. The molecule has 0 aliphatic heterocycles. The highest BCUT2D eigenvalue weighted by molar-refractivity contribution is 5.40. The third-order valence-corrected chi connectivity index (χ3v) is 2.91. The topological polar surface area (TPSA) is 48.1 Å². The standard InChI is InChI=1S/C14H15FN2O/c1-9-7-10(3-4-12(9)15)14(16)11-5-6-17-8-13(11)18-2/h3-8,14H,16H2,1-2H3. The highest BCUT2D eigenvalue weighted by Gasteiger charge is 2.14. The van der Waals surface area contributed by atoms with Crippen molar-refractivity contribution < 1.29 is 9.13 Å². The quantitative estimate of drug-likeness (QED) is 0.905. The fourth-order valence-corrected chi connectivity index (χ4v) is 1.86. The van der Waals surface area contributed by atoms with Gasteiger partial charge in [-0.2, -0.15) is 0 Å². The number of hydrogen-bond acceptors (Lipinski definition) is 3. The van der Waals surface area contributed by atoms with Gasteiger partial charge in [0, 0.05) is 11.8 Å². The molecular formula is C14H15FN2O. The van der Waals surface area contributed by atoms with Gasteiger partial charge in [-0.05, 0) is 30.2 Å². The Morgan fingerprint density at radius 3 is 2.78 bits per heavy atom. The molecular weight excluding hydrogens is 231 g/mol. The zero-order chi connectivity index (χ0) is 13.1. The van der Waals surface area contributed by atoms with Crippen molar-refractivity contribution in [3.63, 3.8) is 0 Å². The lowest BCUT2D eigenvalue weighted by molar-refractivity contribution is 0.406. The number of benzene rings is 1. The Labute approximate surface area is 105 Å². The van der Waals surface area contributed by atoms with Crippen LogP contribution in [0.2, 0.25) is 0 Å². The number of rotatable bonds is 3. The Balaban J connectivity index is 2.41. The first kappa shape index (κ1) is 12.5. The molecule has 1 unspecified atom stereocenters. The first-order chi connectivity index (χ1) is 8.63. The van der Waals surface area contributed by atoms with Gasteiger partial charge in [0.05, 0.1) is 19.3 Å². The van der Waals surface area contributed by atoms with Crippen LogP contribution >= 0.6 is 0 Å². The molecule has 94 valence electrons. The van der Waals surface area contributed by atoms with E-state index in [4.69, 9.17) is 10.5 Å². The summed E-state index contributed by atoms with van der Waals surface area (Å²) in [7, 11) is 1.57. The summed E-state index contributed by atoms with van der Waals surface area (Å²) in [5.74, 6) is 0.402. The van der Waals surface area contributed by atoms with Crippen LogP contribution in [0, 0.1) is 12.7 Å². The van der Waals surface area contributed by atoms with Crippen molar-refractivity contribution in [2.45, 2.75) is 13.0 Å². The second kappa shape index (κ2) is 5.14. The van der Waals surface area contributed by atoms with Gasteiger partial charge >= 0.3 is 0 Å². The summed E-state index contributed by atoms with van der Waals surface area (Å²) in [5.41, 5.74) is 8.44. The molecule has 1 atom stereocenters. The zero-order valence-electron chi connectivity index (χ0n) is 10.4. The van der Waals surface area contributed by atoms with Crippen LogP contribution in [0.25, 0.3) is 0 Å². The van der Waals surface area contributed by atoms with E-state index in [-0.39, 0.29) is 11.9 Å². The predicted molar refractivity (Wildman–Crippen MR) is 68.0 cm³/mol. The van der Waals surface area contributed by atoms with Crippen LogP contribution in [0.4, 0.5) is 4.39 Å². The fraction of sp³-hybridized carbons (Fsp3) is 0.214. The van der Waals surface area contributed by atoms with E-state index >= 15 is 0 Å². The summed E-state index contributed by atoms with van der Waals surface area (Å²) in [4.78, 5) is 3.98. The minimum absolute atomic E-state index is 0.229. The summed E-state index contributed by atoms with van der Waals surface area (Å²) in [5, 5.41) is 0. The van der Waals surface area contributed by atoms with Gasteiger partial charge in [-0.3, -0.25) is 4.98 Å². The largest absolute Gasteiger partial charge is 0.495 e. The molecule has 0 radical (unpaired) electrons. The van der Waals surface area contributed by atoms with Crippen molar-refractivity contribution in [3.05, 3.63) is 59.2 Å². The van der Waals surface area contributed by atoms with Crippen LogP contribution in [-0.4, -0.2) is 12.1 Å². The van der Waals surface area contributed by atoms with Crippen LogP contribution in [0.15, 0.2) is 36.7 Å². The van der Waals surface area contributed by atoms with Crippen molar-refractivity contribution >= 4 is 0 Å². The molecule has 4 heteroatoms. The molecule has 18 heavy (non-hydrogen) atoms. The molecule has 2 rings (SSSR count). The highest BCUT2D eigenvalue weighted by atomic mass is 19.1. The minimum atomic E-state index is -0.359. The number of aryl methyl sites for hydroxylation is 1. The van der Waals surface area contributed by atoms with Crippen molar-refractivity contribution in [3.8, 4) is 5.75 Å². The molecule has 0 aliphatic carbocycles. The number of methoxy groups -OCH3 is 1. The third kappa shape index (κ3) is 2.33. The molecule has 2 aromatic rings. The number of nitrogens with two attached hydrogens (primary N) is 1. The van der Waals surface area contributed by atoms with Crippen LogP contribution in [0.5, 0.6) is 5.75 Å². The molecule has 2 N–H and O–H groups in total. The van der Waals surface area contributed by atoms with Gasteiger partial charge in [0.1, 0.15) is 11.6 Å². The Hall–Kier alpha value is -1.94. The average Bonchev–Trinajstić information content (AvgIpc) is 2.41. The van der Waals surface area contributed by atoms with Crippen LogP contribution in [-0.2, 0) is 0 Å². The van der Waals surface area contributed by atoms with E-state index in [2.05, 4.69) is 4.98 Å². The molecule has 0 fully saturated rings. The summed E-state index contributed by atoms with van der Waals surface area (Å²) in [6.07, 6.45) is 3.28. The number of hydrogen-bond donors (Lipinski definition) is 1. The van der Waals surface area contributed by atoms with E-state index in [1.807, 2.05) is 6.07 Å². The number of halogens is 1. The van der Waals surface area contributed by atoms with Gasteiger partial charge in [0.2, 0.25) is 0 Å². The summed E-state index contributed by atoms with van der Waals surface area (Å²) < 4.78 is 18.5. The Kier molecular flexibility index (Phi) is 3.58. The summed E-state index contributed by atoms with van der Waals surface area (Å²) >= 11 is 0. The second-order valence-corrected chi connectivity index (χ2v) is 4.10. The second-order valence-electron chi connectivity index (χ2n) is 4.10. The maximum absolute atomic E-state index is 13.2. The predicted octanol–water partition coefficient (Wildman–Crippen LogP) is 2.59. The van der Waals surface area contributed by atoms with Crippen molar-refractivity contribution in [1.82, 2.24) is 4.98 Å². The molecule has 0 bridgehead atoms. The number of nitrogens with zero attached hydrogens (tertiary/aromatic N) is 1. The average molecular weight is 246 g/mol. The van der Waals surface area contributed by atoms with E-state index in [9.17, 15) is 4.39 Å². The van der Waals surface area contributed by atoms with E-state index in [1.165, 1.54) is 6.07 Å². The van der Waals surface area contributed by atoms with E-state index in [1.54, 1.807) is 38.6 Å². The lowest BCUT2D eigenvalue weighted by Crippen LogP contribution is -2.13. The molecule has 0 aliphatic rings. The van der Waals surface area contributed by atoms with Crippen LogP contribution in [0.3, 0.4) is 0 Å². The van der Waals surface area contributed by atoms with E-state index < -0.39 is 0 Å². The third-order valence-electron chi connectivity index (χ3n) is 2.91. The maximum atomic E-state index is 13.2. The van der Waals surface area contributed by atoms with Crippen LogP contribution < -0.4 is 10.5 Å². The Bertz CT molecular complexity index is 557. The number of aromatic nitrogens is 1. The monoisotopic (exact) mass is 246 g/mol. The number of pyridine rings is 1. The van der Waals surface area contributed by atoms with Gasteiger partial charge in [0.15, 0.2) is 0 Å². The van der Waals surface area contributed by atoms with Crippen molar-refractivity contribution in [2.24, 2.45) is 5.73 Å². The van der Waals surface area contributed by atoms with E-state index in [0.717, 1.165) is 11.1 Å². The normalized spacial score (nSPS) is 12.2. The summed E-state index contributed by atoms with van der Waals surface area (Å²) in [6.45, 7) is 1.72. The van der Waals surface area contributed by atoms with Crippen molar-refractivity contribution in [2.75, 3.05) is 7.11 Å². The molecule has 3 nitrogen and oxygen atoms in total. The maximum Gasteiger partial charge on any atom is 0.142 e. The number of ether oxygens (including phenoxy) is 1. The van der Waals surface area contributed by atoms with Crippen LogP contribution in [0.1, 0.15) is 22.7 Å². The molecule has 1 aromatic heterocycles. The molecule has 0 amide bonds. The van der Waals surface area contributed by atoms with Gasteiger partial charge in [-0.1, -0.05) is 12.1 Å². The van der Waals surface area contributed by atoms with Crippen molar-refractivity contribution in [1.29, 1.82) is 0 Å². The molecule has 1 aromatic carbocycles. The van der Waals surface area contributed by atoms with Gasteiger partial charge < -0.3 is 10.5 Å². The zero-order valence-corrected chi connectivity index (χ0v) is 10.4. The van der Waals surface area contributed by atoms with Gasteiger partial charge in [-0.15, -0.1) is 0 Å². The van der Waals surface area contributed by atoms with Gasteiger partial charge in [-0.25, -0.2) is 4.39 Å². The Morgan fingerprint density at radius 2 is 2.11 bits per heavy atom. The smallest absolute Gasteiger partial charge is 0.142 e. The fourth-order valence-electron chi connectivity index (χ4n) is 1.86. The molecule has 0 spiro atoms. The molecule has 0 saturated heterocycles. The Morgan fingerprint density at radius 1 is 1.33 bits per heavy atom. The van der Waals surface area contributed by atoms with Gasteiger partial charge in [0.25, 0.3) is 0 Å².